The number of rotatable bonds is 10. The van der Waals surface area contributed by atoms with Crippen LogP contribution in [0.25, 0.3) is 11.1 Å². The molecule has 1 amide bonds. The van der Waals surface area contributed by atoms with Crippen LogP contribution in [0.1, 0.15) is 38.3 Å². The van der Waals surface area contributed by atoms with Crippen molar-refractivity contribution in [3.8, 4) is 28.4 Å². The molecule has 9 heteroatoms. The highest BCUT2D eigenvalue weighted by atomic mass is 19.1. The van der Waals surface area contributed by atoms with Crippen LogP contribution in [0.3, 0.4) is 0 Å². The first-order chi connectivity index (χ1) is 18.9. The van der Waals surface area contributed by atoms with Crippen molar-refractivity contribution in [2.45, 2.75) is 58.5 Å². The number of fused-ring (bicyclic) bond motifs is 1. The minimum absolute atomic E-state index is 0.0205. The molecule has 4 rings (SSSR count). The zero-order chi connectivity index (χ0) is 29.2. The molecular formula is C31H37FN2O6. The van der Waals surface area contributed by atoms with Gasteiger partial charge in [-0.25, -0.2) is 4.39 Å². The molecular weight excluding hydrogens is 515 g/mol. The van der Waals surface area contributed by atoms with Gasteiger partial charge in [0.05, 0.1) is 30.7 Å². The fourth-order valence-electron chi connectivity index (χ4n) is 4.95. The van der Waals surface area contributed by atoms with Crippen LogP contribution in [-0.2, 0) is 11.4 Å². The molecule has 0 saturated carbocycles. The number of anilines is 2. The summed E-state index contributed by atoms with van der Waals surface area (Å²) >= 11 is 0. The number of carbonyl (C=O) groups is 1. The fourth-order valence-corrected chi connectivity index (χ4v) is 4.95. The second kappa shape index (κ2) is 11.7. The van der Waals surface area contributed by atoms with E-state index < -0.39 is 23.6 Å². The average molecular weight is 553 g/mol. The van der Waals surface area contributed by atoms with Crippen LogP contribution in [0.5, 0.6) is 17.2 Å². The number of hydrogen-bond acceptors (Lipinski definition) is 7. The van der Waals surface area contributed by atoms with Gasteiger partial charge in [-0.05, 0) is 63.1 Å². The molecule has 0 aliphatic carbocycles. The topological polar surface area (TPSA) is 100 Å². The summed E-state index contributed by atoms with van der Waals surface area (Å²) < 4.78 is 31.6. The van der Waals surface area contributed by atoms with E-state index in [1.54, 1.807) is 44.2 Å². The van der Waals surface area contributed by atoms with E-state index in [4.69, 9.17) is 14.2 Å². The maximum absolute atomic E-state index is 14.0. The van der Waals surface area contributed by atoms with Gasteiger partial charge in [0.25, 0.3) is 5.91 Å². The van der Waals surface area contributed by atoms with Gasteiger partial charge in [0.15, 0.2) is 0 Å². The predicted molar refractivity (Wildman–Crippen MR) is 153 cm³/mol. The Morgan fingerprint density at radius 2 is 1.75 bits per heavy atom. The molecule has 8 nitrogen and oxygen atoms in total. The Bertz CT molecular complexity index is 1390. The standard InChI is InChI=1S/C31H37FN2O6/c1-18-7-8-20(32)14-27(18)40-17-25-23(11-12-26-29(25)34(5)30(37)31(3,4)33-26)24-10-9-22(15-28(24)38-6)39-16-21(36)13-19(2)35/h7-12,14-15,19,21,33,35-36H,13,16-17H2,1-6H3. The van der Waals surface area contributed by atoms with E-state index in [9.17, 15) is 19.4 Å². The predicted octanol–water partition coefficient (Wildman–Crippen LogP) is 5.07. The molecule has 40 heavy (non-hydrogen) atoms. The quantitative estimate of drug-likeness (QED) is 0.323. The molecule has 0 bridgehead atoms. The molecule has 0 saturated heterocycles. The number of halogens is 1. The molecule has 1 aliphatic rings. The number of methoxy groups -OCH3 is 1. The van der Waals surface area contributed by atoms with Crippen LogP contribution in [0.4, 0.5) is 15.8 Å². The Balaban J connectivity index is 1.76. The first-order valence-corrected chi connectivity index (χ1v) is 13.2. The molecule has 1 aliphatic heterocycles. The van der Waals surface area contributed by atoms with Gasteiger partial charge < -0.3 is 34.6 Å². The Labute approximate surface area is 234 Å². The second-order valence-electron chi connectivity index (χ2n) is 10.7. The molecule has 0 aromatic heterocycles. The van der Waals surface area contributed by atoms with Gasteiger partial charge in [-0.3, -0.25) is 4.79 Å². The van der Waals surface area contributed by atoms with Gasteiger partial charge in [0, 0.05) is 36.7 Å². The number of benzene rings is 3. The summed E-state index contributed by atoms with van der Waals surface area (Å²) in [7, 11) is 3.28. The monoisotopic (exact) mass is 552 g/mol. The smallest absolute Gasteiger partial charge is 0.251 e. The molecule has 2 unspecified atom stereocenters. The number of nitrogens with zero attached hydrogens (tertiary/aromatic N) is 1. The summed E-state index contributed by atoms with van der Waals surface area (Å²) in [5.41, 5.74) is 3.66. The molecule has 0 radical (unpaired) electrons. The number of aliphatic hydroxyl groups is 2. The number of aryl methyl sites for hydroxylation is 1. The third kappa shape index (κ3) is 6.16. The van der Waals surface area contributed by atoms with E-state index in [-0.39, 0.29) is 25.5 Å². The lowest BCUT2D eigenvalue weighted by molar-refractivity contribution is -0.121. The number of likely N-dealkylation sites (N-methyl/N-ethyl adjacent to an activating group) is 1. The van der Waals surface area contributed by atoms with Crippen LogP contribution in [0, 0.1) is 12.7 Å². The van der Waals surface area contributed by atoms with E-state index in [0.29, 0.717) is 22.9 Å². The van der Waals surface area contributed by atoms with Crippen molar-refractivity contribution in [3.05, 3.63) is 65.5 Å². The molecule has 2 atom stereocenters. The number of carbonyl (C=O) groups excluding carboxylic acids is 1. The minimum atomic E-state index is -0.814. The third-order valence-electron chi connectivity index (χ3n) is 6.95. The van der Waals surface area contributed by atoms with Crippen molar-refractivity contribution < 1.29 is 33.6 Å². The molecule has 1 heterocycles. The van der Waals surface area contributed by atoms with Crippen molar-refractivity contribution in [2.75, 3.05) is 31.0 Å². The Morgan fingerprint density at radius 1 is 1.02 bits per heavy atom. The summed E-state index contributed by atoms with van der Waals surface area (Å²) in [6, 6.07) is 13.6. The lowest BCUT2D eigenvalue weighted by Gasteiger charge is -2.39. The Morgan fingerprint density at radius 3 is 2.45 bits per heavy atom. The highest BCUT2D eigenvalue weighted by Crippen LogP contribution is 2.45. The van der Waals surface area contributed by atoms with Crippen molar-refractivity contribution in [3.63, 3.8) is 0 Å². The number of nitrogens with one attached hydrogen (secondary N) is 1. The summed E-state index contributed by atoms with van der Waals surface area (Å²) in [6.45, 7) is 7.19. The number of aliphatic hydroxyl groups excluding tert-OH is 2. The highest BCUT2D eigenvalue weighted by Gasteiger charge is 2.38. The molecule has 0 fully saturated rings. The van der Waals surface area contributed by atoms with Crippen LogP contribution in [0.15, 0.2) is 48.5 Å². The average Bonchev–Trinajstić information content (AvgIpc) is 2.90. The minimum Gasteiger partial charge on any atom is -0.496 e. The van der Waals surface area contributed by atoms with Crippen LogP contribution in [-0.4, -0.2) is 54.6 Å². The first-order valence-electron chi connectivity index (χ1n) is 13.2. The lowest BCUT2D eigenvalue weighted by Crippen LogP contribution is -2.52. The Hall–Kier alpha value is -3.82. The van der Waals surface area contributed by atoms with Crippen molar-refractivity contribution in [1.29, 1.82) is 0 Å². The van der Waals surface area contributed by atoms with Gasteiger partial charge >= 0.3 is 0 Å². The van der Waals surface area contributed by atoms with Gasteiger partial charge in [-0.2, -0.15) is 0 Å². The number of ether oxygens (including phenoxy) is 3. The molecule has 3 aromatic carbocycles. The molecule has 214 valence electrons. The summed E-state index contributed by atoms with van der Waals surface area (Å²) in [4.78, 5) is 14.9. The third-order valence-corrected chi connectivity index (χ3v) is 6.95. The first kappa shape index (κ1) is 29.2. The van der Waals surface area contributed by atoms with Gasteiger partial charge in [-0.1, -0.05) is 12.1 Å². The fraction of sp³-hybridized carbons (Fsp3) is 0.387. The van der Waals surface area contributed by atoms with E-state index in [1.807, 2.05) is 39.0 Å². The molecule has 3 N–H and O–H groups in total. The van der Waals surface area contributed by atoms with Crippen LogP contribution in [0.2, 0.25) is 0 Å². The molecule has 0 spiro atoms. The second-order valence-corrected chi connectivity index (χ2v) is 10.7. The van der Waals surface area contributed by atoms with Gasteiger partial charge in [-0.15, -0.1) is 0 Å². The summed E-state index contributed by atoms with van der Waals surface area (Å²) in [5, 5.41) is 22.9. The van der Waals surface area contributed by atoms with Crippen molar-refractivity contribution in [1.82, 2.24) is 0 Å². The van der Waals surface area contributed by atoms with Gasteiger partial charge in [0.1, 0.15) is 41.8 Å². The van der Waals surface area contributed by atoms with E-state index in [0.717, 1.165) is 27.9 Å². The highest BCUT2D eigenvalue weighted by molar-refractivity contribution is 6.08. The zero-order valence-electron chi connectivity index (χ0n) is 23.7. The lowest BCUT2D eigenvalue weighted by atomic mass is 9.91. The Kier molecular flexibility index (Phi) is 8.56. The van der Waals surface area contributed by atoms with Crippen molar-refractivity contribution in [2.24, 2.45) is 0 Å². The zero-order valence-corrected chi connectivity index (χ0v) is 23.7. The van der Waals surface area contributed by atoms with E-state index in [1.165, 1.54) is 12.1 Å². The van der Waals surface area contributed by atoms with E-state index in [2.05, 4.69) is 5.32 Å². The SMILES string of the molecule is COc1cc(OCC(O)CC(C)O)ccc1-c1ccc2c(c1COc1cc(F)ccc1C)N(C)C(=O)C(C)(C)N2. The van der Waals surface area contributed by atoms with Crippen LogP contribution < -0.4 is 24.4 Å². The summed E-state index contributed by atoms with van der Waals surface area (Å²) in [5.74, 6) is 0.915. The largest absolute Gasteiger partial charge is 0.496 e. The normalized spacial score (nSPS) is 15.6. The van der Waals surface area contributed by atoms with Crippen molar-refractivity contribution >= 4 is 17.3 Å². The van der Waals surface area contributed by atoms with E-state index >= 15 is 0 Å². The maximum Gasteiger partial charge on any atom is 0.251 e. The number of amides is 1. The number of hydrogen-bond donors (Lipinski definition) is 3. The summed E-state index contributed by atoms with van der Waals surface area (Å²) in [6.07, 6.45) is -1.25. The molecule has 3 aromatic rings. The van der Waals surface area contributed by atoms with Crippen LogP contribution >= 0.6 is 0 Å². The maximum atomic E-state index is 14.0. The van der Waals surface area contributed by atoms with Gasteiger partial charge in [0.2, 0.25) is 0 Å².